The summed E-state index contributed by atoms with van der Waals surface area (Å²) in [6, 6.07) is 9.98. The molecule has 0 fully saturated rings. The predicted molar refractivity (Wildman–Crippen MR) is 92.0 cm³/mol. The summed E-state index contributed by atoms with van der Waals surface area (Å²) >= 11 is 0. The lowest BCUT2D eigenvalue weighted by Crippen LogP contribution is -2.07. The summed E-state index contributed by atoms with van der Waals surface area (Å²) in [6.45, 7) is 3.65. The Kier molecular flexibility index (Phi) is 4.07. The zero-order valence-corrected chi connectivity index (χ0v) is 13.9. The molecule has 0 aliphatic carbocycles. The van der Waals surface area contributed by atoms with Gasteiger partial charge in [0.25, 0.3) is 0 Å². The van der Waals surface area contributed by atoms with Crippen molar-refractivity contribution < 1.29 is 0 Å². The van der Waals surface area contributed by atoms with E-state index in [1.165, 1.54) is 0 Å². The molecule has 0 aliphatic rings. The highest BCUT2D eigenvalue weighted by Crippen LogP contribution is 2.17. The maximum absolute atomic E-state index is 4.40. The van der Waals surface area contributed by atoms with Crippen LogP contribution in [-0.4, -0.2) is 39.5 Å². The highest BCUT2D eigenvalue weighted by Gasteiger charge is 2.09. The number of para-hydroxylation sites is 1. The molecule has 0 aliphatic heterocycles. The van der Waals surface area contributed by atoms with Crippen LogP contribution in [0.3, 0.4) is 0 Å². The van der Waals surface area contributed by atoms with Crippen molar-refractivity contribution >= 4 is 0 Å². The second-order valence-corrected chi connectivity index (χ2v) is 5.66. The number of aromatic nitrogens is 8. The topological polar surface area (TPSA) is 79.2 Å². The molecule has 25 heavy (non-hydrogen) atoms. The average molecular weight is 334 g/mol. The second-order valence-electron chi connectivity index (χ2n) is 5.66. The van der Waals surface area contributed by atoms with Gasteiger partial charge in [-0.1, -0.05) is 23.4 Å². The van der Waals surface area contributed by atoms with Crippen molar-refractivity contribution in [2.24, 2.45) is 0 Å². The predicted octanol–water partition coefficient (Wildman–Crippen LogP) is 1.98. The SMILES string of the molecule is CCn1cnnc1CCn1cc(-c2cnn(-c3ccccc3)c2)nn1. The van der Waals surface area contributed by atoms with Gasteiger partial charge in [-0.15, -0.1) is 15.3 Å². The van der Waals surface area contributed by atoms with Crippen LogP contribution < -0.4 is 0 Å². The molecule has 0 spiro atoms. The Hall–Kier alpha value is -3.29. The Balaban J connectivity index is 1.47. The first-order valence-electron chi connectivity index (χ1n) is 8.21. The molecule has 0 saturated heterocycles. The summed E-state index contributed by atoms with van der Waals surface area (Å²) in [4.78, 5) is 0. The second kappa shape index (κ2) is 6.68. The zero-order valence-electron chi connectivity index (χ0n) is 13.9. The van der Waals surface area contributed by atoms with Crippen molar-refractivity contribution in [1.82, 2.24) is 39.5 Å². The van der Waals surface area contributed by atoms with Gasteiger partial charge in [-0.05, 0) is 19.1 Å². The monoisotopic (exact) mass is 334 g/mol. The van der Waals surface area contributed by atoms with Gasteiger partial charge in [0.2, 0.25) is 0 Å². The van der Waals surface area contributed by atoms with Crippen molar-refractivity contribution in [3.63, 3.8) is 0 Å². The standard InChI is InChI=1S/C17H18N8/c1-2-23-13-18-21-17(23)8-9-24-12-16(20-22-24)14-10-19-25(11-14)15-6-4-3-5-7-15/h3-7,10-13H,2,8-9H2,1H3. The van der Waals surface area contributed by atoms with Gasteiger partial charge in [-0.25, -0.2) is 4.68 Å². The molecule has 4 aromatic rings. The van der Waals surface area contributed by atoms with Crippen LogP contribution in [0.4, 0.5) is 0 Å². The number of nitrogens with zero attached hydrogens (tertiary/aromatic N) is 8. The first-order valence-corrected chi connectivity index (χ1v) is 8.21. The van der Waals surface area contributed by atoms with Crippen LogP contribution in [0.15, 0.2) is 55.2 Å². The van der Waals surface area contributed by atoms with Gasteiger partial charge in [-0.3, -0.25) is 4.68 Å². The van der Waals surface area contributed by atoms with Crippen LogP contribution in [0.25, 0.3) is 16.9 Å². The highest BCUT2D eigenvalue weighted by atomic mass is 15.4. The van der Waals surface area contributed by atoms with Crippen molar-refractivity contribution in [3.05, 3.63) is 61.1 Å². The van der Waals surface area contributed by atoms with E-state index in [1.807, 2.05) is 56.7 Å². The molecule has 0 radical (unpaired) electrons. The Morgan fingerprint density at radius 2 is 1.92 bits per heavy atom. The maximum atomic E-state index is 4.40. The lowest BCUT2D eigenvalue weighted by Gasteiger charge is -2.02. The van der Waals surface area contributed by atoms with Crippen LogP contribution >= 0.6 is 0 Å². The van der Waals surface area contributed by atoms with E-state index in [4.69, 9.17) is 0 Å². The zero-order chi connectivity index (χ0) is 17.1. The number of hydrogen-bond donors (Lipinski definition) is 0. The summed E-state index contributed by atoms with van der Waals surface area (Å²) in [6.07, 6.45) is 8.20. The van der Waals surface area contributed by atoms with Crippen molar-refractivity contribution in [2.75, 3.05) is 0 Å². The van der Waals surface area contributed by atoms with Gasteiger partial charge in [0.05, 0.1) is 18.1 Å². The summed E-state index contributed by atoms with van der Waals surface area (Å²) in [5.41, 5.74) is 2.76. The molecule has 0 N–H and O–H groups in total. The molecule has 0 saturated carbocycles. The van der Waals surface area contributed by atoms with Crippen LogP contribution in [-0.2, 0) is 19.5 Å². The maximum Gasteiger partial charge on any atom is 0.134 e. The third kappa shape index (κ3) is 3.18. The number of aryl methyl sites for hydroxylation is 3. The summed E-state index contributed by atoms with van der Waals surface area (Å²) in [5.74, 6) is 0.955. The van der Waals surface area contributed by atoms with E-state index in [1.54, 1.807) is 12.5 Å². The minimum atomic E-state index is 0.707. The molecule has 126 valence electrons. The lowest BCUT2D eigenvalue weighted by atomic mass is 10.3. The van der Waals surface area contributed by atoms with E-state index in [0.29, 0.717) is 6.54 Å². The largest absolute Gasteiger partial charge is 0.318 e. The molecule has 0 amide bonds. The summed E-state index contributed by atoms with van der Waals surface area (Å²) in [7, 11) is 0. The Morgan fingerprint density at radius 1 is 1.04 bits per heavy atom. The first kappa shape index (κ1) is 15.3. The van der Waals surface area contributed by atoms with Crippen LogP contribution in [0.1, 0.15) is 12.7 Å². The quantitative estimate of drug-likeness (QED) is 0.539. The van der Waals surface area contributed by atoms with Gasteiger partial charge >= 0.3 is 0 Å². The molecule has 0 atom stereocenters. The smallest absolute Gasteiger partial charge is 0.134 e. The fourth-order valence-electron chi connectivity index (χ4n) is 2.67. The van der Waals surface area contributed by atoms with Crippen molar-refractivity contribution in [3.8, 4) is 16.9 Å². The van der Waals surface area contributed by atoms with Gasteiger partial charge in [0.1, 0.15) is 17.8 Å². The summed E-state index contributed by atoms with van der Waals surface area (Å²) < 4.78 is 5.68. The number of rotatable bonds is 6. The molecular weight excluding hydrogens is 316 g/mol. The molecule has 8 nitrogen and oxygen atoms in total. The third-order valence-corrected chi connectivity index (χ3v) is 4.04. The number of hydrogen-bond acceptors (Lipinski definition) is 5. The third-order valence-electron chi connectivity index (χ3n) is 4.04. The fourth-order valence-corrected chi connectivity index (χ4v) is 2.67. The van der Waals surface area contributed by atoms with Crippen molar-refractivity contribution in [1.29, 1.82) is 0 Å². The van der Waals surface area contributed by atoms with Gasteiger partial charge in [0, 0.05) is 31.3 Å². The Morgan fingerprint density at radius 3 is 2.76 bits per heavy atom. The van der Waals surface area contributed by atoms with E-state index < -0.39 is 0 Å². The van der Waals surface area contributed by atoms with Gasteiger partial charge in [-0.2, -0.15) is 5.10 Å². The van der Waals surface area contributed by atoms with E-state index in [0.717, 1.165) is 35.7 Å². The van der Waals surface area contributed by atoms with Crippen LogP contribution in [0, 0.1) is 0 Å². The molecule has 3 heterocycles. The van der Waals surface area contributed by atoms with E-state index in [2.05, 4.69) is 32.5 Å². The van der Waals surface area contributed by atoms with E-state index in [9.17, 15) is 0 Å². The van der Waals surface area contributed by atoms with Gasteiger partial charge in [0.15, 0.2) is 0 Å². The molecule has 4 rings (SSSR count). The lowest BCUT2D eigenvalue weighted by molar-refractivity contribution is 0.560. The molecule has 0 bridgehead atoms. The normalized spacial score (nSPS) is 11.1. The van der Waals surface area contributed by atoms with Crippen LogP contribution in [0.5, 0.6) is 0 Å². The minimum absolute atomic E-state index is 0.707. The highest BCUT2D eigenvalue weighted by molar-refractivity contribution is 5.56. The molecule has 3 aromatic heterocycles. The molecule has 0 unspecified atom stereocenters. The molecular formula is C17H18N8. The molecule has 8 heteroatoms. The Bertz CT molecular complexity index is 950. The Labute approximate surface area is 144 Å². The van der Waals surface area contributed by atoms with E-state index >= 15 is 0 Å². The van der Waals surface area contributed by atoms with Crippen LogP contribution in [0.2, 0.25) is 0 Å². The molecule has 1 aromatic carbocycles. The number of benzene rings is 1. The van der Waals surface area contributed by atoms with Gasteiger partial charge < -0.3 is 4.57 Å². The van der Waals surface area contributed by atoms with E-state index in [-0.39, 0.29) is 0 Å². The average Bonchev–Trinajstić information content (AvgIpc) is 3.39. The van der Waals surface area contributed by atoms with Crippen molar-refractivity contribution in [2.45, 2.75) is 26.4 Å². The first-order chi connectivity index (χ1) is 12.3. The fraction of sp³-hybridized carbons (Fsp3) is 0.235. The summed E-state index contributed by atoms with van der Waals surface area (Å²) in [5, 5.41) is 20.9. The minimum Gasteiger partial charge on any atom is -0.318 e.